The van der Waals surface area contributed by atoms with Crippen molar-refractivity contribution < 1.29 is 4.79 Å². The van der Waals surface area contributed by atoms with Crippen molar-refractivity contribution in [3.8, 4) is 0 Å². The second kappa shape index (κ2) is 5.39. The number of nitrogen functional groups attached to an aromatic ring is 1. The fourth-order valence-electron chi connectivity index (χ4n) is 1.82. The number of aromatic nitrogens is 1. The number of pyridine rings is 1. The fraction of sp³-hybridized carbons (Fsp3) is 0.143. The number of nitrogens with one attached hydrogen (secondary N) is 1. The van der Waals surface area contributed by atoms with Gasteiger partial charge in [0.05, 0.1) is 5.56 Å². The fourth-order valence-corrected chi connectivity index (χ4v) is 1.82. The number of primary amides is 1. The van der Waals surface area contributed by atoms with Crippen LogP contribution in [0.5, 0.6) is 0 Å². The Morgan fingerprint density at radius 1 is 1.32 bits per heavy atom. The molecule has 0 fully saturated rings. The molecular weight excluding hydrogens is 240 g/mol. The molecule has 0 radical (unpaired) electrons. The normalized spacial score (nSPS) is 10.2. The minimum Gasteiger partial charge on any atom is -0.399 e. The van der Waals surface area contributed by atoms with Crippen molar-refractivity contribution in [2.75, 3.05) is 11.1 Å². The minimum absolute atomic E-state index is 0.379. The summed E-state index contributed by atoms with van der Waals surface area (Å²) < 4.78 is 0. The Hall–Kier alpha value is -2.56. The molecule has 1 aromatic heterocycles. The number of rotatable bonds is 4. The van der Waals surface area contributed by atoms with E-state index in [1.54, 1.807) is 18.3 Å². The lowest BCUT2D eigenvalue weighted by atomic mass is 10.1. The Morgan fingerprint density at radius 2 is 2.11 bits per heavy atom. The molecule has 5 nitrogen and oxygen atoms in total. The van der Waals surface area contributed by atoms with Crippen molar-refractivity contribution in [2.45, 2.75) is 13.5 Å². The van der Waals surface area contributed by atoms with Crippen LogP contribution in [0.25, 0.3) is 0 Å². The number of amides is 1. The third-order valence-electron chi connectivity index (χ3n) is 3.01. The van der Waals surface area contributed by atoms with E-state index in [-0.39, 0.29) is 0 Å². The van der Waals surface area contributed by atoms with Gasteiger partial charge in [-0.3, -0.25) is 4.79 Å². The van der Waals surface area contributed by atoms with Crippen molar-refractivity contribution >= 4 is 17.4 Å². The highest BCUT2D eigenvalue weighted by Crippen LogP contribution is 2.18. The molecule has 0 saturated carbocycles. The third-order valence-corrected chi connectivity index (χ3v) is 3.01. The first kappa shape index (κ1) is 12.9. The Morgan fingerprint density at radius 3 is 2.84 bits per heavy atom. The van der Waals surface area contributed by atoms with Crippen LogP contribution in [0.1, 0.15) is 21.5 Å². The van der Waals surface area contributed by atoms with Crippen molar-refractivity contribution in [2.24, 2.45) is 5.73 Å². The summed E-state index contributed by atoms with van der Waals surface area (Å²) in [6, 6.07) is 9.05. The molecule has 1 aromatic carbocycles. The molecule has 0 saturated heterocycles. The van der Waals surface area contributed by atoms with Crippen LogP contribution in [0.4, 0.5) is 11.5 Å². The topological polar surface area (TPSA) is 94.0 Å². The van der Waals surface area contributed by atoms with Crippen molar-refractivity contribution in [3.05, 3.63) is 53.2 Å². The highest BCUT2D eigenvalue weighted by molar-refractivity contribution is 5.97. The van der Waals surface area contributed by atoms with Gasteiger partial charge in [0.15, 0.2) is 0 Å². The van der Waals surface area contributed by atoms with Crippen molar-refractivity contribution in [3.63, 3.8) is 0 Å². The lowest BCUT2D eigenvalue weighted by molar-refractivity contribution is 0.100. The van der Waals surface area contributed by atoms with E-state index in [9.17, 15) is 4.79 Å². The van der Waals surface area contributed by atoms with Gasteiger partial charge >= 0.3 is 0 Å². The van der Waals surface area contributed by atoms with Crippen LogP contribution in [0.15, 0.2) is 36.5 Å². The second-order valence-corrected chi connectivity index (χ2v) is 4.25. The Kier molecular flexibility index (Phi) is 3.66. The predicted molar refractivity (Wildman–Crippen MR) is 75.7 cm³/mol. The van der Waals surface area contributed by atoms with Gasteiger partial charge in [-0.05, 0) is 36.2 Å². The van der Waals surface area contributed by atoms with Crippen LogP contribution >= 0.6 is 0 Å². The van der Waals surface area contributed by atoms with E-state index in [1.807, 2.05) is 25.1 Å². The van der Waals surface area contributed by atoms with E-state index in [0.717, 1.165) is 16.8 Å². The number of nitrogens with two attached hydrogens (primary N) is 2. The zero-order valence-corrected chi connectivity index (χ0v) is 10.7. The van der Waals surface area contributed by atoms with Gasteiger partial charge in [0.25, 0.3) is 5.91 Å². The van der Waals surface area contributed by atoms with Gasteiger partial charge in [0, 0.05) is 18.4 Å². The highest BCUT2D eigenvalue weighted by Gasteiger charge is 2.09. The van der Waals surface area contributed by atoms with Crippen LogP contribution in [0.2, 0.25) is 0 Å². The predicted octanol–water partition coefficient (Wildman–Crippen LogP) is 1.68. The number of nitrogens with zero attached hydrogens (tertiary/aromatic N) is 1. The quantitative estimate of drug-likeness (QED) is 0.725. The summed E-state index contributed by atoms with van der Waals surface area (Å²) in [6.07, 6.45) is 1.61. The van der Waals surface area contributed by atoms with Crippen LogP contribution in [-0.2, 0) is 6.54 Å². The largest absolute Gasteiger partial charge is 0.399 e. The molecule has 0 aliphatic rings. The van der Waals surface area contributed by atoms with Crippen LogP contribution in [0.3, 0.4) is 0 Å². The number of carbonyl (C=O) groups excluding carboxylic acids is 1. The van der Waals surface area contributed by atoms with Gasteiger partial charge in [-0.2, -0.15) is 0 Å². The number of hydrogen-bond donors (Lipinski definition) is 3. The maximum absolute atomic E-state index is 11.3. The summed E-state index contributed by atoms with van der Waals surface area (Å²) in [5, 5.41) is 3.11. The highest BCUT2D eigenvalue weighted by atomic mass is 16.1. The monoisotopic (exact) mass is 256 g/mol. The molecule has 1 amide bonds. The summed E-state index contributed by atoms with van der Waals surface area (Å²) >= 11 is 0. The molecule has 0 atom stereocenters. The number of benzene rings is 1. The SMILES string of the molecule is Cc1c(N)cccc1CNc1ncccc1C(N)=O. The van der Waals surface area contributed by atoms with E-state index < -0.39 is 5.91 Å². The lowest BCUT2D eigenvalue weighted by Gasteiger charge is -2.11. The zero-order chi connectivity index (χ0) is 13.8. The summed E-state index contributed by atoms with van der Waals surface area (Å²) in [7, 11) is 0. The molecule has 0 unspecified atom stereocenters. The summed E-state index contributed by atoms with van der Waals surface area (Å²) in [4.78, 5) is 15.4. The molecule has 0 bridgehead atoms. The summed E-state index contributed by atoms with van der Waals surface area (Å²) in [5.41, 5.74) is 14.3. The lowest BCUT2D eigenvalue weighted by Crippen LogP contribution is -2.15. The molecule has 0 aliphatic heterocycles. The van der Waals surface area contributed by atoms with E-state index in [2.05, 4.69) is 10.3 Å². The molecule has 2 rings (SSSR count). The average molecular weight is 256 g/mol. The maximum Gasteiger partial charge on any atom is 0.252 e. The molecule has 5 N–H and O–H groups in total. The zero-order valence-electron chi connectivity index (χ0n) is 10.7. The Balaban J connectivity index is 2.19. The van der Waals surface area contributed by atoms with Gasteiger partial charge in [-0.25, -0.2) is 4.98 Å². The molecule has 2 aromatic rings. The van der Waals surface area contributed by atoms with Crippen LogP contribution in [-0.4, -0.2) is 10.9 Å². The van der Waals surface area contributed by atoms with Crippen molar-refractivity contribution in [1.29, 1.82) is 0 Å². The maximum atomic E-state index is 11.3. The van der Waals surface area contributed by atoms with E-state index in [0.29, 0.717) is 17.9 Å². The molecule has 98 valence electrons. The van der Waals surface area contributed by atoms with Gasteiger partial charge < -0.3 is 16.8 Å². The van der Waals surface area contributed by atoms with E-state index in [4.69, 9.17) is 11.5 Å². The van der Waals surface area contributed by atoms with Crippen molar-refractivity contribution in [1.82, 2.24) is 4.98 Å². The van der Waals surface area contributed by atoms with Gasteiger partial charge in [0.2, 0.25) is 0 Å². The molecule has 5 heteroatoms. The van der Waals surface area contributed by atoms with Gasteiger partial charge in [-0.1, -0.05) is 12.1 Å². The van der Waals surface area contributed by atoms with Gasteiger partial charge in [0.1, 0.15) is 5.82 Å². The molecule has 0 spiro atoms. The molecular formula is C14H16N4O. The van der Waals surface area contributed by atoms with Crippen LogP contribution in [0, 0.1) is 6.92 Å². The van der Waals surface area contributed by atoms with E-state index >= 15 is 0 Å². The Labute approximate surface area is 111 Å². The second-order valence-electron chi connectivity index (χ2n) is 4.25. The number of carbonyl (C=O) groups is 1. The smallest absolute Gasteiger partial charge is 0.252 e. The standard InChI is InChI=1S/C14H16N4O/c1-9-10(4-2-6-12(9)15)8-18-14-11(13(16)19)5-3-7-17-14/h2-7H,8,15H2,1H3,(H2,16,19)(H,17,18). The molecule has 19 heavy (non-hydrogen) atoms. The number of hydrogen-bond acceptors (Lipinski definition) is 4. The van der Waals surface area contributed by atoms with Crippen LogP contribution < -0.4 is 16.8 Å². The first-order valence-corrected chi connectivity index (χ1v) is 5.92. The molecule has 1 heterocycles. The summed E-state index contributed by atoms with van der Waals surface area (Å²) in [6.45, 7) is 2.49. The first-order valence-electron chi connectivity index (χ1n) is 5.92. The van der Waals surface area contributed by atoms with Gasteiger partial charge in [-0.15, -0.1) is 0 Å². The average Bonchev–Trinajstić information content (AvgIpc) is 2.40. The van der Waals surface area contributed by atoms with E-state index in [1.165, 1.54) is 0 Å². The molecule has 0 aliphatic carbocycles. The Bertz CT molecular complexity index is 610. The summed E-state index contributed by atoms with van der Waals surface area (Å²) in [5.74, 6) is -0.0169. The minimum atomic E-state index is -0.500. The number of anilines is 2. The first-order chi connectivity index (χ1) is 9.09. The third kappa shape index (κ3) is 2.82.